The van der Waals surface area contributed by atoms with E-state index in [2.05, 4.69) is 17.3 Å². The van der Waals surface area contributed by atoms with Gasteiger partial charge in [-0.05, 0) is 50.8 Å². The van der Waals surface area contributed by atoms with Crippen molar-refractivity contribution in [2.24, 2.45) is 0 Å². The van der Waals surface area contributed by atoms with Gasteiger partial charge in [0.25, 0.3) is 0 Å². The summed E-state index contributed by atoms with van der Waals surface area (Å²) in [4.78, 5) is 2.27. The molecule has 0 aliphatic heterocycles. The largest absolute Gasteiger partial charge is 0.460 e. The Morgan fingerprint density at radius 3 is 2.78 bits per heavy atom. The summed E-state index contributed by atoms with van der Waals surface area (Å²) in [5, 5.41) is 4.12. The van der Waals surface area contributed by atoms with Crippen molar-refractivity contribution in [2.45, 2.75) is 13.0 Å². The maximum Gasteiger partial charge on any atom is 0.135 e. The highest BCUT2D eigenvalue weighted by Crippen LogP contribution is 2.28. The molecule has 1 aromatic carbocycles. The normalized spacial score (nSPS) is 11.3. The van der Waals surface area contributed by atoms with Gasteiger partial charge in [0.2, 0.25) is 0 Å². The van der Waals surface area contributed by atoms with Crippen LogP contribution in [0.1, 0.15) is 12.2 Å². The zero-order valence-corrected chi connectivity index (χ0v) is 14.6. The number of ether oxygens (including phenoxy) is 1. The van der Waals surface area contributed by atoms with Gasteiger partial charge in [-0.1, -0.05) is 23.7 Å². The van der Waals surface area contributed by atoms with E-state index >= 15 is 0 Å². The second-order valence-electron chi connectivity index (χ2n) is 5.57. The number of hydrogen-bond acceptors (Lipinski definition) is 4. The summed E-state index contributed by atoms with van der Waals surface area (Å²) in [6.45, 7) is 4.49. The average Bonchev–Trinajstić information content (AvgIpc) is 3.01. The van der Waals surface area contributed by atoms with Crippen LogP contribution >= 0.6 is 11.6 Å². The summed E-state index contributed by atoms with van der Waals surface area (Å²) in [6.07, 6.45) is 1.10. The van der Waals surface area contributed by atoms with Crippen molar-refractivity contribution >= 4 is 11.6 Å². The summed E-state index contributed by atoms with van der Waals surface area (Å²) in [7, 11) is 3.84. The van der Waals surface area contributed by atoms with Crippen LogP contribution in [0.2, 0.25) is 5.02 Å². The van der Waals surface area contributed by atoms with Gasteiger partial charge in [-0.2, -0.15) is 0 Å². The predicted molar refractivity (Wildman–Crippen MR) is 94.9 cm³/mol. The number of halogens is 1. The minimum Gasteiger partial charge on any atom is -0.460 e. The van der Waals surface area contributed by atoms with Crippen LogP contribution in [0.5, 0.6) is 0 Å². The molecule has 0 radical (unpaired) electrons. The molecular formula is C18H25ClN2O2. The molecule has 1 heterocycles. The lowest BCUT2D eigenvalue weighted by atomic mass is 10.2. The highest BCUT2D eigenvalue weighted by Gasteiger charge is 2.07. The molecular weight excluding hydrogens is 312 g/mol. The number of nitrogens with one attached hydrogen (secondary N) is 1. The van der Waals surface area contributed by atoms with Crippen LogP contribution in [0.3, 0.4) is 0 Å². The van der Waals surface area contributed by atoms with Gasteiger partial charge in [-0.25, -0.2) is 0 Å². The summed E-state index contributed by atoms with van der Waals surface area (Å²) < 4.78 is 10.9. The molecule has 0 bridgehead atoms. The zero-order valence-electron chi connectivity index (χ0n) is 13.8. The molecule has 0 amide bonds. The Balaban J connectivity index is 1.70. The Hall–Kier alpha value is -1.33. The molecule has 0 spiro atoms. The molecule has 0 fully saturated rings. The average molecular weight is 337 g/mol. The first-order valence-corrected chi connectivity index (χ1v) is 8.30. The fourth-order valence-electron chi connectivity index (χ4n) is 2.32. The lowest BCUT2D eigenvalue weighted by molar-refractivity contribution is 0.160. The minimum atomic E-state index is 0.709. The first-order chi connectivity index (χ1) is 11.2. The Morgan fingerprint density at radius 1 is 1.17 bits per heavy atom. The molecule has 0 aliphatic rings. The van der Waals surface area contributed by atoms with Crippen molar-refractivity contribution in [1.29, 1.82) is 0 Å². The smallest absolute Gasteiger partial charge is 0.135 e. The van der Waals surface area contributed by atoms with Crippen LogP contribution in [-0.4, -0.2) is 45.3 Å². The van der Waals surface area contributed by atoms with Crippen molar-refractivity contribution in [3.05, 3.63) is 47.2 Å². The van der Waals surface area contributed by atoms with Gasteiger partial charge >= 0.3 is 0 Å². The number of hydrogen-bond donors (Lipinski definition) is 1. The van der Waals surface area contributed by atoms with Gasteiger partial charge in [0.05, 0.1) is 18.2 Å². The number of nitrogens with zero attached hydrogens (tertiary/aromatic N) is 1. The van der Waals surface area contributed by atoms with E-state index in [0.29, 0.717) is 5.02 Å². The van der Waals surface area contributed by atoms with Crippen LogP contribution in [0.4, 0.5) is 0 Å². The Labute approximate surface area is 143 Å². The molecule has 23 heavy (non-hydrogen) atoms. The number of methoxy groups -OCH3 is 1. The lowest BCUT2D eigenvalue weighted by Crippen LogP contribution is -2.26. The van der Waals surface area contributed by atoms with Crippen molar-refractivity contribution in [1.82, 2.24) is 10.2 Å². The SMILES string of the molecule is COCCN(C)CCCNCc1ccc(-c2ccccc2Cl)o1. The molecule has 4 nitrogen and oxygen atoms in total. The van der Waals surface area contributed by atoms with Crippen LogP contribution in [0.15, 0.2) is 40.8 Å². The molecule has 5 heteroatoms. The second-order valence-corrected chi connectivity index (χ2v) is 5.98. The van der Waals surface area contributed by atoms with Gasteiger partial charge in [0, 0.05) is 19.2 Å². The zero-order chi connectivity index (χ0) is 16.5. The fourth-order valence-corrected chi connectivity index (χ4v) is 2.55. The number of likely N-dealkylation sites (N-methyl/N-ethyl adjacent to an activating group) is 1. The highest BCUT2D eigenvalue weighted by molar-refractivity contribution is 6.33. The van der Waals surface area contributed by atoms with Crippen LogP contribution in [-0.2, 0) is 11.3 Å². The first-order valence-electron chi connectivity index (χ1n) is 7.92. The van der Waals surface area contributed by atoms with Crippen molar-refractivity contribution < 1.29 is 9.15 Å². The maximum absolute atomic E-state index is 6.19. The monoisotopic (exact) mass is 336 g/mol. The van der Waals surface area contributed by atoms with E-state index in [1.54, 1.807) is 7.11 Å². The molecule has 126 valence electrons. The number of benzene rings is 1. The van der Waals surface area contributed by atoms with Gasteiger partial charge in [-0.15, -0.1) is 0 Å². The van der Waals surface area contributed by atoms with Gasteiger partial charge in [0.1, 0.15) is 11.5 Å². The molecule has 0 aliphatic carbocycles. The van der Waals surface area contributed by atoms with Gasteiger partial charge in [-0.3, -0.25) is 0 Å². The molecule has 0 atom stereocenters. The van der Waals surface area contributed by atoms with Gasteiger partial charge < -0.3 is 19.4 Å². The third kappa shape index (κ3) is 5.99. The summed E-state index contributed by atoms with van der Waals surface area (Å²) in [6, 6.07) is 11.7. The Kier molecular flexibility index (Phi) is 7.62. The van der Waals surface area contributed by atoms with E-state index in [0.717, 1.165) is 56.3 Å². The number of rotatable bonds is 10. The van der Waals surface area contributed by atoms with Crippen molar-refractivity contribution in [3.8, 4) is 11.3 Å². The predicted octanol–water partition coefficient (Wildman–Crippen LogP) is 3.66. The van der Waals surface area contributed by atoms with Crippen molar-refractivity contribution in [3.63, 3.8) is 0 Å². The van der Waals surface area contributed by atoms with E-state index in [1.807, 2.05) is 36.4 Å². The molecule has 1 aromatic heterocycles. The molecule has 1 N–H and O–H groups in total. The summed E-state index contributed by atoms with van der Waals surface area (Å²) in [5.41, 5.74) is 0.931. The summed E-state index contributed by atoms with van der Waals surface area (Å²) >= 11 is 6.19. The van der Waals surface area contributed by atoms with Crippen LogP contribution < -0.4 is 5.32 Å². The highest BCUT2D eigenvalue weighted by atomic mass is 35.5. The molecule has 2 aromatic rings. The van der Waals surface area contributed by atoms with E-state index in [4.69, 9.17) is 20.8 Å². The molecule has 2 rings (SSSR count). The summed E-state index contributed by atoms with van der Waals surface area (Å²) in [5.74, 6) is 1.74. The standard InChI is InChI=1S/C18H25ClN2O2/c1-21(12-13-22-2)11-5-10-20-14-15-8-9-18(23-15)16-6-3-4-7-17(16)19/h3-4,6-9,20H,5,10-14H2,1-2H3. The molecule has 0 unspecified atom stereocenters. The third-order valence-electron chi connectivity index (χ3n) is 3.67. The minimum absolute atomic E-state index is 0.709. The topological polar surface area (TPSA) is 37.6 Å². The number of furan rings is 1. The van der Waals surface area contributed by atoms with Crippen molar-refractivity contribution in [2.75, 3.05) is 40.4 Å². The van der Waals surface area contributed by atoms with Gasteiger partial charge in [0.15, 0.2) is 0 Å². The van der Waals surface area contributed by atoms with E-state index in [-0.39, 0.29) is 0 Å². The van der Waals surface area contributed by atoms with Crippen LogP contribution in [0.25, 0.3) is 11.3 Å². The molecule has 0 saturated heterocycles. The van der Waals surface area contributed by atoms with E-state index in [9.17, 15) is 0 Å². The third-order valence-corrected chi connectivity index (χ3v) is 4.00. The van der Waals surface area contributed by atoms with Crippen LogP contribution in [0, 0.1) is 0 Å². The quantitative estimate of drug-likeness (QED) is 0.672. The first kappa shape index (κ1) is 18.0. The Morgan fingerprint density at radius 2 is 2.00 bits per heavy atom. The maximum atomic E-state index is 6.19. The Bertz CT molecular complexity index is 586. The fraction of sp³-hybridized carbons (Fsp3) is 0.444. The molecule has 0 saturated carbocycles. The lowest BCUT2D eigenvalue weighted by Gasteiger charge is -2.15. The van der Waals surface area contributed by atoms with E-state index in [1.165, 1.54) is 0 Å². The second kappa shape index (κ2) is 9.73. The van der Waals surface area contributed by atoms with E-state index < -0.39 is 0 Å².